The number of halogens is 1. The fraction of sp³-hybridized carbons (Fsp3) is 0.500. The van der Waals surface area contributed by atoms with Crippen LogP contribution in [0.25, 0.3) is 0 Å². The van der Waals surface area contributed by atoms with Gasteiger partial charge in [0.2, 0.25) is 0 Å². The van der Waals surface area contributed by atoms with Gasteiger partial charge in [-0.25, -0.2) is 0 Å². The van der Waals surface area contributed by atoms with Crippen molar-refractivity contribution in [3.05, 3.63) is 28.8 Å². The number of carbonyl (C=O) groups is 2. The van der Waals surface area contributed by atoms with Gasteiger partial charge in [-0.1, -0.05) is 11.6 Å². The molecule has 0 aliphatic carbocycles. The number of carbonyl (C=O) groups excluding carboxylic acids is 1. The van der Waals surface area contributed by atoms with Crippen LogP contribution in [0, 0.1) is 5.92 Å². The summed E-state index contributed by atoms with van der Waals surface area (Å²) in [5.41, 5.74) is 0.391. The van der Waals surface area contributed by atoms with Crippen molar-refractivity contribution in [3.8, 4) is 5.75 Å². The molecule has 1 aromatic rings. The maximum absolute atomic E-state index is 12.7. The molecule has 0 saturated carbocycles. The van der Waals surface area contributed by atoms with Crippen LogP contribution in [-0.4, -0.2) is 55.3 Å². The van der Waals surface area contributed by atoms with Gasteiger partial charge in [-0.2, -0.15) is 0 Å². The van der Waals surface area contributed by atoms with E-state index in [0.717, 1.165) is 0 Å². The molecule has 1 heterocycles. The van der Waals surface area contributed by atoms with Gasteiger partial charge in [0.25, 0.3) is 5.91 Å². The highest BCUT2D eigenvalue weighted by atomic mass is 35.5. The van der Waals surface area contributed by atoms with Crippen molar-refractivity contribution in [2.24, 2.45) is 5.92 Å². The summed E-state index contributed by atoms with van der Waals surface area (Å²) in [5.74, 6) is -0.917. The van der Waals surface area contributed by atoms with Gasteiger partial charge in [-0.3, -0.25) is 9.59 Å². The summed E-state index contributed by atoms with van der Waals surface area (Å²) in [6.07, 6.45) is 0.920. The molecule has 1 aromatic carbocycles. The molecule has 126 valence electrons. The van der Waals surface area contributed by atoms with Gasteiger partial charge in [0.05, 0.1) is 18.1 Å². The van der Waals surface area contributed by atoms with E-state index < -0.39 is 5.97 Å². The average molecular weight is 342 g/mol. The zero-order valence-corrected chi connectivity index (χ0v) is 13.7. The molecular formula is C16H20ClNO5. The SMILES string of the molecule is COCCOc1ccc(Cl)cc1C(=O)N1CCC(C(=O)O)CC1. The van der Waals surface area contributed by atoms with Crippen LogP contribution in [0.4, 0.5) is 0 Å². The summed E-state index contributed by atoms with van der Waals surface area (Å²) in [6, 6.07) is 4.90. The number of carboxylic acid groups (broad SMARTS) is 1. The molecule has 0 atom stereocenters. The van der Waals surface area contributed by atoms with E-state index in [2.05, 4.69) is 0 Å². The number of ether oxygens (including phenoxy) is 2. The number of carboxylic acids is 1. The van der Waals surface area contributed by atoms with E-state index in [1.807, 2.05) is 0 Å². The molecule has 6 nitrogen and oxygen atoms in total. The number of piperidine rings is 1. The second-order valence-corrected chi connectivity index (χ2v) is 5.82. The van der Waals surface area contributed by atoms with E-state index in [1.165, 1.54) is 0 Å². The van der Waals surface area contributed by atoms with Crippen LogP contribution in [-0.2, 0) is 9.53 Å². The molecule has 1 fully saturated rings. The molecule has 0 bridgehead atoms. The molecule has 0 aromatic heterocycles. The van der Waals surface area contributed by atoms with Crippen molar-refractivity contribution in [1.29, 1.82) is 0 Å². The highest BCUT2D eigenvalue weighted by Gasteiger charge is 2.28. The van der Waals surface area contributed by atoms with Crippen LogP contribution in [0.1, 0.15) is 23.2 Å². The average Bonchev–Trinajstić information content (AvgIpc) is 2.55. The standard InChI is InChI=1S/C16H20ClNO5/c1-22-8-9-23-14-3-2-12(17)10-13(14)15(19)18-6-4-11(5-7-18)16(20)21/h2-3,10-11H,4-9H2,1H3,(H,20,21). The van der Waals surface area contributed by atoms with Gasteiger partial charge < -0.3 is 19.5 Å². The lowest BCUT2D eigenvalue weighted by Gasteiger charge is -2.30. The second kappa shape index (κ2) is 8.17. The molecular weight excluding hydrogens is 322 g/mol. The van der Waals surface area contributed by atoms with E-state index in [4.69, 9.17) is 26.2 Å². The molecule has 0 spiro atoms. The van der Waals surface area contributed by atoms with Crippen LogP contribution in [0.5, 0.6) is 5.75 Å². The monoisotopic (exact) mass is 341 g/mol. The Hall–Kier alpha value is -1.79. The number of amides is 1. The molecule has 7 heteroatoms. The number of hydrogen-bond donors (Lipinski definition) is 1. The molecule has 0 radical (unpaired) electrons. The van der Waals surface area contributed by atoms with Gasteiger partial charge in [0.15, 0.2) is 0 Å². The minimum Gasteiger partial charge on any atom is -0.490 e. The quantitative estimate of drug-likeness (QED) is 0.803. The molecule has 0 unspecified atom stereocenters. The first-order chi connectivity index (χ1) is 11.0. The highest BCUT2D eigenvalue weighted by Crippen LogP contribution is 2.26. The zero-order chi connectivity index (χ0) is 16.8. The third kappa shape index (κ3) is 4.59. The van der Waals surface area contributed by atoms with E-state index >= 15 is 0 Å². The van der Waals surface area contributed by atoms with Crippen molar-refractivity contribution in [3.63, 3.8) is 0 Å². The molecule has 1 amide bonds. The Labute approximate surface area is 139 Å². The Morgan fingerprint density at radius 2 is 2.00 bits per heavy atom. The van der Waals surface area contributed by atoms with Crippen molar-refractivity contribution in [1.82, 2.24) is 4.90 Å². The fourth-order valence-corrected chi connectivity index (χ4v) is 2.70. The van der Waals surface area contributed by atoms with Crippen LogP contribution in [0.3, 0.4) is 0 Å². The van der Waals surface area contributed by atoms with Gasteiger partial charge in [0.1, 0.15) is 12.4 Å². The number of rotatable bonds is 6. The number of methoxy groups -OCH3 is 1. The maximum Gasteiger partial charge on any atom is 0.306 e. The highest BCUT2D eigenvalue weighted by molar-refractivity contribution is 6.31. The summed E-state index contributed by atoms with van der Waals surface area (Å²) >= 11 is 6.00. The van der Waals surface area contributed by atoms with E-state index in [9.17, 15) is 9.59 Å². The lowest BCUT2D eigenvalue weighted by Crippen LogP contribution is -2.40. The molecule has 1 N–H and O–H groups in total. The molecule has 1 aliphatic heterocycles. The third-order valence-electron chi connectivity index (χ3n) is 3.85. The minimum absolute atomic E-state index is 0.191. The summed E-state index contributed by atoms with van der Waals surface area (Å²) in [4.78, 5) is 25.3. The minimum atomic E-state index is -0.802. The van der Waals surface area contributed by atoms with E-state index in [-0.39, 0.29) is 11.8 Å². The lowest BCUT2D eigenvalue weighted by atomic mass is 9.96. The zero-order valence-electron chi connectivity index (χ0n) is 13.0. The predicted octanol–water partition coefficient (Wildman–Crippen LogP) is 2.30. The Kier molecular flexibility index (Phi) is 6.24. The fourth-order valence-electron chi connectivity index (χ4n) is 2.53. The van der Waals surface area contributed by atoms with Crippen LogP contribution >= 0.6 is 11.6 Å². The van der Waals surface area contributed by atoms with Crippen molar-refractivity contribution < 1.29 is 24.2 Å². The normalized spacial score (nSPS) is 15.5. The van der Waals surface area contributed by atoms with Gasteiger partial charge >= 0.3 is 5.97 Å². The Morgan fingerprint density at radius 3 is 2.61 bits per heavy atom. The Bertz CT molecular complexity index is 570. The molecule has 1 saturated heterocycles. The predicted molar refractivity (Wildman–Crippen MR) is 85.1 cm³/mol. The molecule has 23 heavy (non-hydrogen) atoms. The number of likely N-dealkylation sites (tertiary alicyclic amines) is 1. The number of aliphatic carboxylic acids is 1. The van der Waals surface area contributed by atoms with Gasteiger partial charge in [-0.15, -0.1) is 0 Å². The van der Waals surface area contributed by atoms with Crippen LogP contribution < -0.4 is 4.74 Å². The maximum atomic E-state index is 12.7. The molecule has 1 aliphatic rings. The first kappa shape index (κ1) is 17.6. The molecule has 2 rings (SSSR count). The summed E-state index contributed by atoms with van der Waals surface area (Å²) in [6.45, 7) is 1.58. The number of hydrogen-bond acceptors (Lipinski definition) is 4. The summed E-state index contributed by atoms with van der Waals surface area (Å²) in [5, 5.41) is 9.48. The van der Waals surface area contributed by atoms with Gasteiger partial charge in [-0.05, 0) is 31.0 Å². The van der Waals surface area contributed by atoms with Crippen molar-refractivity contribution >= 4 is 23.5 Å². The third-order valence-corrected chi connectivity index (χ3v) is 4.08. The Balaban J connectivity index is 2.09. The number of nitrogens with zero attached hydrogens (tertiary/aromatic N) is 1. The second-order valence-electron chi connectivity index (χ2n) is 5.39. The van der Waals surface area contributed by atoms with Crippen molar-refractivity contribution in [2.45, 2.75) is 12.8 Å². The van der Waals surface area contributed by atoms with E-state index in [0.29, 0.717) is 55.5 Å². The Morgan fingerprint density at radius 1 is 1.30 bits per heavy atom. The number of benzene rings is 1. The largest absolute Gasteiger partial charge is 0.490 e. The first-order valence-electron chi connectivity index (χ1n) is 7.46. The smallest absolute Gasteiger partial charge is 0.306 e. The van der Waals surface area contributed by atoms with E-state index in [1.54, 1.807) is 30.2 Å². The van der Waals surface area contributed by atoms with Crippen molar-refractivity contribution in [2.75, 3.05) is 33.4 Å². The van der Waals surface area contributed by atoms with Gasteiger partial charge in [0, 0.05) is 25.2 Å². The lowest BCUT2D eigenvalue weighted by molar-refractivity contribution is -0.143. The van der Waals surface area contributed by atoms with Crippen LogP contribution in [0.2, 0.25) is 5.02 Å². The first-order valence-corrected chi connectivity index (χ1v) is 7.84. The summed E-state index contributed by atoms with van der Waals surface area (Å²) in [7, 11) is 1.57. The topological polar surface area (TPSA) is 76.1 Å². The summed E-state index contributed by atoms with van der Waals surface area (Å²) < 4.78 is 10.5. The van der Waals surface area contributed by atoms with Crippen LogP contribution in [0.15, 0.2) is 18.2 Å².